The molecule has 1 aromatic carbocycles. The Balaban J connectivity index is 1.75. The minimum atomic E-state index is -0.555. The van der Waals surface area contributed by atoms with E-state index in [9.17, 15) is 4.79 Å². The van der Waals surface area contributed by atoms with Crippen LogP contribution in [-0.4, -0.2) is 30.6 Å². The number of nitrogens with two attached hydrogens (primary N) is 1. The Labute approximate surface area is 143 Å². The van der Waals surface area contributed by atoms with Crippen molar-refractivity contribution in [1.82, 2.24) is 4.98 Å². The van der Waals surface area contributed by atoms with Gasteiger partial charge in [-0.25, -0.2) is 4.98 Å². The molecule has 122 valence electrons. The van der Waals surface area contributed by atoms with Crippen molar-refractivity contribution in [3.63, 3.8) is 0 Å². The lowest BCUT2D eigenvalue weighted by Crippen LogP contribution is -2.46. The van der Waals surface area contributed by atoms with Gasteiger partial charge in [-0.15, -0.1) is 11.3 Å². The molecule has 0 saturated carbocycles. The van der Waals surface area contributed by atoms with E-state index >= 15 is 0 Å². The van der Waals surface area contributed by atoms with Crippen LogP contribution in [0.3, 0.4) is 0 Å². The van der Waals surface area contributed by atoms with E-state index in [4.69, 9.17) is 22.1 Å². The minimum absolute atomic E-state index is 0.0738. The van der Waals surface area contributed by atoms with Crippen LogP contribution in [-0.2, 0) is 9.53 Å². The van der Waals surface area contributed by atoms with Gasteiger partial charge in [-0.3, -0.25) is 4.79 Å². The number of carbonyl (C=O) groups excluding carboxylic acids is 1. The number of thiazole rings is 1. The zero-order chi connectivity index (χ0) is 16.3. The molecule has 0 bridgehead atoms. The van der Waals surface area contributed by atoms with E-state index in [-0.39, 0.29) is 5.91 Å². The first-order valence-electron chi connectivity index (χ1n) is 7.44. The predicted octanol–water partition coefficient (Wildman–Crippen LogP) is 3.16. The quantitative estimate of drug-likeness (QED) is 0.887. The van der Waals surface area contributed by atoms with Gasteiger partial charge in [0.25, 0.3) is 0 Å². The van der Waals surface area contributed by atoms with E-state index < -0.39 is 5.41 Å². The van der Waals surface area contributed by atoms with Crippen LogP contribution in [0.25, 0.3) is 11.3 Å². The van der Waals surface area contributed by atoms with Crippen molar-refractivity contribution in [2.45, 2.75) is 12.8 Å². The van der Waals surface area contributed by atoms with Crippen LogP contribution in [0.1, 0.15) is 12.8 Å². The summed E-state index contributed by atoms with van der Waals surface area (Å²) in [5, 5.41) is 6.04. The topological polar surface area (TPSA) is 77.2 Å². The summed E-state index contributed by atoms with van der Waals surface area (Å²) >= 11 is 7.40. The highest BCUT2D eigenvalue weighted by Crippen LogP contribution is 2.32. The molecular formula is C16H18ClN3O2S. The molecule has 0 atom stereocenters. The van der Waals surface area contributed by atoms with Crippen molar-refractivity contribution in [1.29, 1.82) is 0 Å². The Kier molecular flexibility index (Phi) is 4.96. The van der Waals surface area contributed by atoms with Gasteiger partial charge in [0.2, 0.25) is 5.91 Å². The van der Waals surface area contributed by atoms with E-state index in [2.05, 4.69) is 10.3 Å². The van der Waals surface area contributed by atoms with E-state index in [1.165, 1.54) is 11.3 Å². The average Bonchev–Trinajstić information content (AvgIpc) is 3.04. The van der Waals surface area contributed by atoms with Gasteiger partial charge in [0.05, 0.1) is 11.1 Å². The number of nitrogens with zero attached hydrogens (tertiary/aromatic N) is 1. The molecule has 0 aliphatic carbocycles. The fraction of sp³-hybridized carbons (Fsp3) is 0.375. The first-order valence-corrected chi connectivity index (χ1v) is 8.69. The fourth-order valence-corrected chi connectivity index (χ4v) is 3.53. The van der Waals surface area contributed by atoms with Gasteiger partial charge in [-0.2, -0.15) is 0 Å². The molecule has 2 heterocycles. The Morgan fingerprint density at radius 2 is 2.22 bits per heavy atom. The van der Waals surface area contributed by atoms with Crippen LogP contribution < -0.4 is 11.1 Å². The van der Waals surface area contributed by atoms with Crippen molar-refractivity contribution in [3.05, 3.63) is 34.7 Å². The van der Waals surface area contributed by atoms with Crippen LogP contribution in [0.4, 0.5) is 5.13 Å². The van der Waals surface area contributed by atoms with Crippen molar-refractivity contribution >= 4 is 34.0 Å². The number of hydrogen-bond acceptors (Lipinski definition) is 5. The van der Waals surface area contributed by atoms with Crippen molar-refractivity contribution in [2.24, 2.45) is 11.1 Å². The van der Waals surface area contributed by atoms with E-state index in [1.54, 1.807) is 0 Å². The van der Waals surface area contributed by atoms with Gasteiger partial charge >= 0.3 is 0 Å². The number of ether oxygens (including phenoxy) is 1. The minimum Gasteiger partial charge on any atom is -0.381 e. The standard InChI is InChI=1S/C16H18ClN3O2S/c17-12-3-1-2-11(8-12)13-9-23-15(19-13)20-14(21)16(10-18)4-6-22-7-5-16/h1-3,8-9H,4-7,10,18H2,(H,19,20,21). The molecule has 5 nitrogen and oxygen atoms in total. The molecule has 0 radical (unpaired) electrons. The zero-order valence-electron chi connectivity index (χ0n) is 12.5. The number of amides is 1. The highest BCUT2D eigenvalue weighted by molar-refractivity contribution is 7.14. The third-order valence-electron chi connectivity index (χ3n) is 4.17. The molecule has 23 heavy (non-hydrogen) atoms. The second-order valence-corrected chi connectivity index (χ2v) is 6.89. The number of benzene rings is 1. The third kappa shape index (κ3) is 3.55. The number of carbonyl (C=O) groups is 1. The molecule has 1 aliphatic heterocycles. The predicted molar refractivity (Wildman–Crippen MR) is 92.7 cm³/mol. The second-order valence-electron chi connectivity index (χ2n) is 5.60. The molecule has 0 unspecified atom stereocenters. The molecule has 3 rings (SSSR count). The summed E-state index contributed by atoms with van der Waals surface area (Å²) in [5.74, 6) is -0.0738. The number of aromatic nitrogens is 1. The Morgan fingerprint density at radius 3 is 2.91 bits per heavy atom. The lowest BCUT2D eigenvalue weighted by molar-refractivity contribution is -0.130. The van der Waals surface area contributed by atoms with Crippen LogP contribution >= 0.6 is 22.9 Å². The summed E-state index contributed by atoms with van der Waals surface area (Å²) in [4.78, 5) is 17.1. The Bertz CT molecular complexity index is 698. The number of nitrogens with one attached hydrogen (secondary N) is 1. The number of anilines is 1. The van der Waals surface area contributed by atoms with E-state index in [0.29, 0.717) is 42.8 Å². The maximum atomic E-state index is 12.6. The zero-order valence-corrected chi connectivity index (χ0v) is 14.1. The molecule has 1 saturated heterocycles. The Hall–Kier alpha value is -1.47. The maximum absolute atomic E-state index is 12.6. The summed E-state index contributed by atoms with van der Waals surface area (Å²) in [5.41, 5.74) is 7.02. The van der Waals surface area contributed by atoms with Crippen molar-refractivity contribution in [2.75, 3.05) is 25.1 Å². The first-order chi connectivity index (χ1) is 11.1. The van der Waals surface area contributed by atoms with E-state index in [0.717, 1.165) is 11.3 Å². The van der Waals surface area contributed by atoms with Gasteiger partial charge in [0.15, 0.2) is 5.13 Å². The van der Waals surface area contributed by atoms with Gasteiger partial charge in [0, 0.05) is 35.7 Å². The van der Waals surface area contributed by atoms with Gasteiger partial charge in [-0.1, -0.05) is 23.7 Å². The normalized spacial score (nSPS) is 17.0. The van der Waals surface area contributed by atoms with Crippen molar-refractivity contribution < 1.29 is 9.53 Å². The number of rotatable bonds is 4. The van der Waals surface area contributed by atoms with Gasteiger partial charge in [0.1, 0.15) is 0 Å². The monoisotopic (exact) mass is 351 g/mol. The van der Waals surface area contributed by atoms with Crippen LogP contribution in [0, 0.1) is 5.41 Å². The Morgan fingerprint density at radius 1 is 1.43 bits per heavy atom. The summed E-state index contributed by atoms with van der Waals surface area (Å²) in [7, 11) is 0. The average molecular weight is 352 g/mol. The molecule has 2 aromatic rings. The number of hydrogen-bond donors (Lipinski definition) is 2. The first kappa shape index (κ1) is 16.4. The summed E-state index contributed by atoms with van der Waals surface area (Å²) in [6, 6.07) is 7.48. The van der Waals surface area contributed by atoms with Crippen LogP contribution in [0.5, 0.6) is 0 Å². The highest BCUT2D eigenvalue weighted by Gasteiger charge is 2.39. The third-order valence-corrected chi connectivity index (χ3v) is 5.16. The summed E-state index contributed by atoms with van der Waals surface area (Å²) in [6.07, 6.45) is 1.28. The largest absolute Gasteiger partial charge is 0.381 e. The van der Waals surface area contributed by atoms with Crippen LogP contribution in [0.15, 0.2) is 29.6 Å². The summed E-state index contributed by atoms with van der Waals surface area (Å²) in [6.45, 7) is 1.45. The molecule has 1 amide bonds. The van der Waals surface area contributed by atoms with Gasteiger partial charge < -0.3 is 15.8 Å². The summed E-state index contributed by atoms with van der Waals surface area (Å²) < 4.78 is 5.34. The molecule has 1 aliphatic rings. The molecule has 7 heteroatoms. The van der Waals surface area contributed by atoms with Crippen molar-refractivity contribution in [3.8, 4) is 11.3 Å². The van der Waals surface area contributed by atoms with Gasteiger partial charge in [-0.05, 0) is 25.0 Å². The molecular weight excluding hydrogens is 334 g/mol. The maximum Gasteiger partial charge on any atom is 0.233 e. The van der Waals surface area contributed by atoms with E-state index in [1.807, 2.05) is 29.6 Å². The number of halogens is 1. The molecule has 3 N–H and O–H groups in total. The lowest BCUT2D eigenvalue weighted by Gasteiger charge is -2.34. The lowest BCUT2D eigenvalue weighted by atomic mass is 9.79. The second kappa shape index (κ2) is 6.97. The smallest absolute Gasteiger partial charge is 0.233 e. The highest BCUT2D eigenvalue weighted by atomic mass is 35.5. The molecule has 0 spiro atoms. The molecule has 1 fully saturated rings. The molecule has 1 aromatic heterocycles. The fourth-order valence-electron chi connectivity index (χ4n) is 2.63. The van der Waals surface area contributed by atoms with Crippen LogP contribution in [0.2, 0.25) is 5.02 Å². The SMILES string of the molecule is NCC1(C(=O)Nc2nc(-c3cccc(Cl)c3)cs2)CCOCC1.